The molecule has 0 aromatic heterocycles. The van der Waals surface area contributed by atoms with E-state index in [0.29, 0.717) is 0 Å². The van der Waals surface area contributed by atoms with Crippen LogP contribution < -0.4 is 0 Å². The number of rotatable bonds is 6. The monoisotopic (exact) mass is 260 g/mol. The molecular formula is C11H16O7. The van der Waals surface area contributed by atoms with Crippen molar-refractivity contribution in [2.45, 2.75) is 45.0 Å². The highest BCUT2D eigenvalue weighted by molar-refractivity contribution is 6.45. The first-order valence-electron chi connectivity index (χ1n) is 5.14. The lowest BCUT2D eigenvalue weighted by atomic mass is 9.71. The second-order valence-electron chi connectivity index (χ2n) is 4.15. The van der Waals surface area contributed by atoms with Gasteiger partial charge in [0.15, 0.2) is 23.0 Å². The molecule has 0 saturated carbocycles. The molecule has 0 heterocycles. The van der Waals surface area contributed by atoms with Gasteiger partial charge in [0.2, 0.25) is 11.4 Å². The summed E-state index contributed by atoms with van der Waals surface area (Å²) in [6.45, 7) is 3.22. The molecule has 0 aliphatic carbocycles. The third-order valence-electron chi connectivity index (χ3n) is 2.85. The van der Waals surface area contributed by atoms with Crippen molar-refractivity contribution in [2.75, 3.05) is 0 Å². The van der Waals surface area contributed by atoms with Crippen LogP contribution in [-0.4, -0.2) is 55.8 Å². The molecule has 0 aromatic rings. The maximum Gasteiger partial charge on any atom is 0.240 e. The summed E-state index contributed by atoms with van der Waals surface area (Å²) in [5.74, 6) is -5.37. The van der Waals surface area contributed by atoms with Crippen molar-refractivity contribution in [2.24, 2.45) is 0 Å². The first kappa shape index (κ1) is 16.6. The molecule has 102 valence electrons. The minimum Gasteiger partial charge on any atom is -0.390 e. The van der Waals surface area contributed by atoms with Crippen LogP contribution in [0.2, 0.25) is 0 Å². The molecule has 0 fully saturated rings. The molecule has 0 saturated heterocycles. The number of carbonyl (C=O) groups excluding carboxylic acids is 4. The van der Waals surface area contributed by atoms with Crippen LogP contribution in [0.15, 0.2) is 0 Å². The van der Waals surface area contributed by atoms with E-state index < -0.39 is 40.4 Å². The van der Waals surface area contributed by atoms with E-state index in [1.54, 1.807) is 0 Å². The van der Waals surface area contributed by atoms with Gasteiger partial charge in [-0.1, -0.05) is 0 Å². The van der Waals surface area contributed by atoms with Crippen LogP contribution in [0.3, 0.4) is 0 Å². The average molecular weight is 260 g/mol. The molecule has 0 bridgehead atoms. The molecule has 0 radical (unpaired) electrons. The fraction of sp³-hybridized carbons (Fsp3) is 0.636. The van der Waals surface area contributed by atoms with Crippen molar-refractivity contribution in [3.8, 4) is 0 Å². The summed E-state index contributed by atoms with van der Waals surface area (Å²) in [5.41, 5.74) is -6.36. The Morgan fingerprint density at radius 3 is 1.50 bits per heavy atom. The van der Waals surface area contributed by atoms with E-state index in [0.717, 1.165) is 27.7 Å². The predicted molar refractivity (Wildman–Crippen MR) is 58.6 cm³/mol. The summed E-state index contributed by atoms with van der Waals surface area (Å²) in [7, 11) is 0. The van der Waals surface area contributed by atoms with E-state index in [9.17, 15) is 34.5 Å². The van der Waals surface area contributed by atoms with Gasteiger partial charge in [0.05, 0.1) is 6.10 Å². The quantitative estimate of drug-likeness (QED) is 0.378. The first-order valence-corrected chi connectivity index (χ1v) is 5.14. The smallest absolute Gasteiger partial charge is 0.240 e. The van der Waals surface area contributed by atoms with Crippen LogP contribution in [0.5, 0.6) is 0 Å². The van der Waals surface area contributed by atoms with Gasteiger partial charge in [-0.2, -0.15) is 0 Å². The van der Waals surface area contributed by atoms with Crippen LogP contribution in [0.4, 0.5) is 0 Å². The van der Waals surface area contributed by atoms with E-state index in [1.807, 2.05) is 0 Å². The van der Waals surface area contributed by atoms with E-state index in [4.69, 9.17) is 0 Å². The maximum atomic E-state index is 11.6. The molecule has 3 atom stereocenters. The average Bonchev–Trinajstić information content (AvgIpc) is 2.24. The molecule has 1 unspecified atom stereocenters. The van der Waals surface area contributed by atoms with E-state index >= 15 is 0 Å². The van der Waals surface area contributed by atoms with Gasteiger partial charge in [0, 0.05) is 6.92 Å². The highest BCUT2D eigenvalue weighted by atomic mass is 16.4. The molecule has 0 aliphatic rings. The van der Waals surface area contributed by atoms with Gasteiger partial charge in [0.25, 0.3) is 0 Å². The summed E-state index contributed by atoms with van der Waals surface area (Å²) in [5, 5.41) is 29.5. The Bertz CT molecular complexity index is 412. The summed E-state index contributed by atoms with van der Waals surface area (Å²) < 4.78 is 0. The molecule has 3 N–H and O–H groups in total. The Hall–Kier alpha value is -1.44. The number of hydrogen-bond donors (Lipinski definition) is 3. The normalized spacial score (nSPS) is 19.3. The van der Waals surface area contributed by atoms with Crippen molar-refractivity contribution in [3.05, 3.63) is 0 Å². The molecule has 0 rings (SSSR count). The van der Waals surface area contributed by atoms with E-state index in [1.165, 1.54) is 0 Å². The molecule has 0 amide bonds. The highest BCUT2D eigenvalue weighted by Gasteiger charge is 2.64. The lowest BCUT2D eigenvalue weighted by Gasteiger charge is -2.39. The second-order valence-corrected chi connectivity index (χ2v) is 4.15. The molecule has 18 heavy (non-hydrogen) atoms. The standard InChI is InChI=1S/C11H16O7/c1-5(12)9(16)11(18,8(4)15)10(17,6(2)13)7(3)14/h6,13,17-18H,1-4H3/t6-,10+,11?/m1/s1. The molecule has 0 aromatic carbocycles. The van der Waals surface area contributed by atoms with Crippen LogP contribution in [0.1, 0.15) is 27.7 Å². The van der Waals surface area contributed by atoms with Crippen molar-refractivity contribution in [3.63, 3.8) is 0 Å². The third kappa shape index (κ3) is 2.12. The van der Waals surface area contributed by atoms with E-state index in [-0.39, 0.29) is 0 Å². The largest absolute Gasteiger partial charge is 0.390 e. The van der Waals surface area contributed by atoms with Crippen molar-refractivity contribution < 1.29 is 34.5 Å². The lowest BCUT2D eigenvalue weighted by molar-refractivity contribution is -0.202. The van der Waals surface area contributed by atoms with Crippen LogP contribution in [0.25, 0.3) is 0 Å². The van der Waals surface area contributed by atoms with Crippen molar-refractivity contribution >= 4 is 23.1 Å². The van der Waals surface area contributed by atoms with Crippen LogP contribution >= 0.6 is 0 Å². The predicted octanol–water partition coefficient (Wildman–Crippen LogP) is -1.83. The van der Waals surface area contributed by atoms with Crippen LogP contribution in [0, 0.1) is 0 Å². The molecule has 0 spiro atoms. The van der Waals surface area contributed by atoms with Gasteiger partial charge < -0.3 is 15.3 Å². The third-order valence-corrected chi connectivity index (χ3v) is 2.85. The molecule has 7 heteroatoms. The zero-order valence-electron chi connectivity index (χ0n) is 10.6. The number of ketones is 4. The summed E-state index contributed by atoms with van der Waals surface area (Å²) in [4.78, 5) is 45.5. The van der Waals surface area contributed by atoms with Crippen molar-refractivity contribution in [1.82, 2.24) is 0 Å². The Labute approximate surface area is 103 Å². The number of aliphatic hydroxyl groups is 3. The Morgan fingerprint density at radius 1 is 0.944 bits per heavy atom. The van der Waals surface area contributed by atoms with Gasteiger partial charge in [-0.3, -0.25) is 19.2 Å². The Balaban J connectivity index is 6.19. The SMILES string of the molecule is CC(=O)C(=O)C(O)(C(C)=O)[C@@](O)(C(C)=O)[C@@H](C)O. The van der Waals surface area contributed by atoms with Gasteiger partial charge in [-0.15, -0.1) is 0 Å². The number of aliphatic hydroxyl groups excluding tert-OH is 1. The van der Waals surface area contributed by atoms with Gasteiger partial charge in [0.1, 0.15) is 0 Å². The molecule has 0 aliphatic heterocycles. The minimum absolute atomic E-state index is 0.733. The van der Waals surface area contributed by atoms with Crippen LogP contribution in [-0.2, 0) is 19.2 Å². The number of Topliss-reactive ketones (excluding diaryl/α,β-unsaturated/α-hetero) is 4. The summed E-state index contributed by atoms with van der Waals surface area (Å²) in [6.07, 6.45) is -1.92. The Kier molecular flexibility index (Phi) is 4.65. The first-order chi connectivity index (χ1) is 7.93. The number of hydrogen-bond acceptors (Lipinski definition) is 7. The zero-order valence-corrected chi connectivity index (χ0v) is 10.6. The fourth-order valence-electron chi connectivity index (χ4n) is 1.71. The highest BCUT2D eigenvalue weighted by Crippen LogP contribution is 2.30. The zero-order chi connectivity index (χ0) is 14.9. The number of carbonyl (C=O) groups is 4. The second kappa shape index (κ2) is 5.05. The van der Waals surface area contributed by atoms with Gasteiger partial charge in [-0.05, 0) is 20.8 Å². The summed E-state index contributed by atoms with van der Waals surface area (Å²) in [6, 6.07) is 0. The van der Waals surface area contributed by atoms with E-state index in [2.05, 4.69) is 0 Å². The Morgan fingerprint density at radius 2 is 1.33 bits per heavy atom. The fourth-order valence-corrected chi connectivity index (χ4v) is 1.71. The maximum absolute atomic E-state index is 11.6. The lowest BCUT2D eigenvalue weighted by Crippen LogP contribution is -2.72. The minimum atomic E-state index is -3.29. The topological polar surface area (TPSA) is 129 Å². The summed E-state index contributed by atoms with van der Waals surface area (Å²) >= 11 is 0. The molecule has 7 nitrogen and oxygen atoms in total. The van der Waals surface area contributed by atoms with Gasteiger partial charge >= 0.3 is 0 Å². The van der Waals surface area contributed by atoms with Crippen molar-refractivity contribution in [1.29, 1.82) is 0 Å². The van der Waals surface area contributed by atoms with Gasteiger partial charge in [-0.25, -0.2) is 0 Å². The molecular weight excluding hydrogens is 244 g/mol.